The topological polar surface area (TPSA) is 41.5 Å². The van der Waals surface area contributed by atoms with Crippen molar-refractivity contribution >= 4 is 15.1 Å². The number of anilines is 1. The first kappa shape index (κ1) is 14.2. The number of aromatic hydroxyl groups is 1. The first-order valence-corrected chi connectivity index (χ1v) is 7.74. The average molecular weight is 301 g/mol. The van der Waals surface area contributed by atoms with Crippen LogP contribution in [0.25, 0.3) is 0 Å². The fourth-order valence-electron chi connectivity index (χ4n) is 3.15. The largest absolute Gasteiger partial charge is 0.508 e. The standard InChI is InChI=1S/C17H20NO2P/c1-20-15-6-7-16(17(10-15)18-21)13-3-2-12-9-14(19)5-4-11(12)8-13/h4-7,9-10,13,18-19H,2-3,8,21H2,1H3. The van der Waals surface area contributed by atoms with Crippen LogP contribution in [0.4, 0.5) is 5.69 Å². The van der Waals surface area contributed by atoms with Crippen LogP contribution in [-0.2, 0) is 12.8 Å². The molecule has 21 heavy (non-hydrogen) atoms. The number of benzene rings is 2. The van der Waals surface area contributed by atoms with Gasteiger partial charge in [-0.3, -0.25) is 0 Å². The predicted molar refractivity (Wildman–Crippen MR) is 89.2 cm³/mol. The van der Waals surface area contributed by atoms with Gasteiger partial charge in [0, 0.05) is 11.8 Å². The zero-order valence-electron chi connectivity index (χ0n) is 12.1. The fourth-order valence-corrected chi connectivity index (χ4v) is 3.40. The lowest BCUT2D eigenvalue weighted by molar-refractivity contribution is 0.414. The molecule has 0 radical (unpaired) electrons. The average Bonchev–Trinajstić information content (AvgIpc) is 2.53. The van der Waals surface area contributed by atoms with Crippen molar-refractivity contribution in [2.75, 3.05) is 12.2 Å². The Bertz CT molecular complexity index is 657. The van der Waals surface area contributed by atoms with E-state index in [9.17, 15) is 5.11 Å². The quantitative estimate of drug-likeness (QED) is 0.846. The highest BCUT2D eigenvalue weighted by Gasteiger charge is 2.22. The minimum atomic E-state index is 0.365. The molecule has 110 valence electrons. The molecule has 4 heteroatoms. The molecule has 0 saturated carbocycles. The van der Waals surface area contributed by atoms with E-state index in [4.69, 9.17) is 4.74 Å². The molecule has 0 amide bonds. The van der Waals surface area contributed by atoms with Gasteiger partial charge in [-0.05, 0) is 69.5 Å². The molecular formula is C17H20NO2P. The summed E-state index contributed by atoms with van der Waals surface area (Å²) in [5.41, 5.74) is 5.05. The third kappa shape index (κ3) is 2.84. The van der Waals surface area contributed by atoms with Crippen molar-refractivity contribution in [3.05, 3.63) is 53.1 Å². The van der Waals surface area contributed by atoms with Gasteiger partial charge in [-0.25, -0.2) is 0 Å². The summed E-state index contributed by atoms with van der Waals surface area (Å²) in [4.78, 5) is 0. The van der Waals surface area contributed by atoms with Crippen LogP contribution >= 0.6 is 9.39 Å². The highest BCUT2D eigenvalue weighted by atomic mass is 31.0. The molecule has 3 rings (SSSR count). The van der Waals surface area contributed by atoms with Crippen molar-refractivity contribution in [2.45, 2.75) is 25.2 Å². The molecule has 2 unspecified atom stereocenters. The zero-order chi connectivity index (χ0) is 14.8. The van der Waals surface area contributed by atoms with Crippen molar-refractivity contribution in [3.8, 4) is 11.5 Å². The van der Waals surface area contributed by atoms with Gasteiger partial charge in [0.05, 0.1) is 7.11 Å². The van der Waals surface area contributed by atoms with Gasteiger partial charge in [-0.1, -0.05) is 12.1 Å². The smallest absolute Gasteiger partial charge is 0.120 e. The summed E-state index contributed by atoms with van der Waals surface area (Å²) in [5.74, 6) is 1.73. The molecule has 1 aliphatic carbocycles. The number of rotatable bonds is 3. The van der Waals surface area contributed by atoms with Crippen LogP contribution in [0.5, 0.6) is 11.5 Å². The Hall–Kier alpha value is -1.73. The summed E-state index contributed by atoms with van der Waals surface area (Å²) in [7, 11) is 4.25. The predicted octanol–water partition coefficient (Wildman–Crippen LogP) is 3.88. The second-order valence-corrected chi connectivity index (χ2v) is 5.78. The third-order valence-corrected chi connectivity index (χ3v) is 4.59. The normalized spacial score (nSPS) is 17.1. The first-order valence-electron chi connectivity index (χ1n) is 7.16. The van der Waals surface area contributed by atoms with Crippen molar-refractivity contribution in [1.29, 1.82) is 0 Å². The Morgan fingerprint density at radius 3 is 2.81 bits per heavy atom. The molecule has 0 aliphatic heterocycles. The van der Waals surface area contributed by atoms with Crippen molar-refractivity contribution in [1.82, 2.24) is 0 Å². The molecule has 0 spiro atoms. The van der Waals surface area contributed by atoms with Crippen molar-refractivity contribution < 1.29 is 9.84 Å². The van der Waals surface area contributed by atoms with E-state index in [0.29, 0.717) is 11.7 Å². The Morgan fingerprint density at radius 1 is 1.19 bits per heavy atom. The lowest BCUT2D eigenvalue weighted by Gasteiger charge is -2.27. The second kappa shape index (κ2) is 5.95. The van der Waals surface area contributed by atoms with Gasteiger partial charge in [0.1, 0.15) is 11.5 Å². The number of hydrogen-bond acceptors (Lipinski definition) is 3. The molecule has 0 heterocycles. The summed E-state index contributed by atoms with van der Waals surface area (Å²) >= 11 is 0. The minimum Gasteiger partial charge on any atom is -0.508 e. The van der Waals surface area contributed by atoms with Crippen LogP contribution in [0.15, 0.2) is 36.4 Å². The van der Waals surface area contributed by atoms with Crippen LogP contribution in [-0.4, -0.2) is 12.2 Å². The second-order valence-electron chi connectivity index (χ2n) is 5.49. The Morgan fingerprint density at radius 2 is 2.05 bits per heavy atom. The number of aryl methyl sites for hydroxylation is 1. The molecule has 2 N–H and O–H groups in total. The monoisotopic (exact) mass is 301 g/mol. The summed E-state index contributed by atoms with van der Waals surface area (Å²) in [6.45, 7) is 0. The molecule has 2 aromatic rings. The van der Waals surface area contributed by atoms with Gasteiger partial charge in [-0.15, -0.1) is 0 Å². The number of nitrogens with one attached hydrogen (secondary N) is 1. The number of fused-ring (bicyclic) bond motifs is 1. The maximum Gasteiger partial charge on any atom is 0.120 e. The summed E-state index contributed by atoms with van der Waals surface area (Å²) in [6.07, 6.45) is 3.13. The lowest BCUT2D eigenvalue weighted by atomic mass is 9.79. The Labute approximate surface area is 127 Å². The lowest BCUT2D eigenvalue weighted by Crippen LogP contribution is -2.13. The SMILES string of the molecule is COc1ccc(C2CCc3cc(O)ccc3C2)c(NP)c1. The Balaban J connectivity index is 1.90. The third-order valence-electron chi connectivity index (χ3n) is 4.27. The molecule has 0 saturated heterocycles. The number of phenols is 1. The van der Waals surface area contributed by atoms with Gasteiger partial charge >= 0.3 is 0 Å². The van der Waals surface area contributed by atoms with Crippen LogP contribution in [0.3, 0.4) is 0 Å². The number of hydrogen-bond donors (Lipinski definition) is 2. The summed E-state index contributed by atoms with van der Waals surface area (Å²) < 4.78 is 5.29. The molecule has 2 aromatic carbocycles. The zero-order valence-corrected chi connectivity index (χ0v) is 13.3. The number of methoxy groups -OCH3 is 1. The summed E-state index contributed by atoms with van der Waals surface area (Å²) in [5, 5.41) is 12.8. The van der Waals surface area contributed by atoms with Gasteiger partial charge in [0.15, 0.2) is 0 Å². The van der Waals surface area contributed by atoms with Crippen molar-refractivity contribution in [3.63, 3.8) is 0 Å². The summed E-state index contributed by atoms with van der Waals surface area (Å²) in [6, 6.07) is 11.9. The van der Waals surface area contributed by atoms with Crippen LogP contribution in [0, 0.1) is 0 Å². The van der Waals surface area contributed by atoms with E-state index in [1.807, 2.05) is 24.3 Å². The molecule has 0 bridgehead atoms. The van der Waals surface area contributed by atoms with E-state index in [-0.39, 0.29) is 0 Å². The van der Waals surface area contributed by atoms with Gasteiger partial charge < -0.3 is 14.9 Å². The van der Waals surface area contributed by atoms with Crippen molar-refractivity contribution in [2.24, 2.45) is 0 Å². The molecule has 2 atom stereocenters. The van der Waals surface area contributed by atoms with Crippen LogP contribution in [0.1, 0.15) is 29.0 Å². The molecule has 0 aromatic heterocycles. The highest BCUT2D eigenvalue weighted by molar-refractivity contribution is 7.18. The van der Waals surface area contributed by atoms with Gasteiger partial charge in [0.2, 0.25) is 0 Å². The number of phenolic OH excluding ortho intramolecular Hbond substituents is 1. The van der Waals surface area contributed by atoms with E-state index in [2.05, 4.69) is 20.5 Å². The van der Waals surface area contributed by atoms with E-state index in [1.54, 1.807) is 13.2 Å². The first-order chi connectivity index (χ1) is 10.2. The van der Waals surface area contributed by atoms with Crippen LogP contribution < -0.4 is 9.82 Å². The molecular weight excluding hydrogens is 281 g/mol. The van der Waals surface area contributed by atoms with Gasteiger partial charge in [0.25, 0.3) is 0 Å². The maximum absolute atomic E-state index is 9.58. The van der Waals surface area contributed by atoms with Gasteiger partial charge in [-0.2, -0.15) is 0 Å². The fraction of sp³-hybridized carbons (Fsp3) is 0.294. The molecule has 3 nitrogen and oxygen atoms in total. The Kier molecular flexibility index (Phi) is 4.03. The number of ether oxygens (including phenoxy) is 1. The van der Waals surface area contributed by atoms with E-state index in [1.165, 1.54) is 16.7 Å². The highest BCUT2D eigenvalue weighted by Crippen LogP contribution is 2.38. The maximum atomic E-state index is 9.58. The van der Waals surface area contributed by atoms with Crippen LogP contribution in [0.2, 0.25) is 0 Å². The molecule has 0 fully saturated rings. The molecule has 1 aliphatic rings. The van der Waals surface area contributed by atoms with E-state index >= 15 is 0 Å². The van der Waals surface area contributed by atoms with E-state index < -0.39 is 0 Å². The van der Waals surface area contributed by atoms with E-state index in [0.717, 1.165) is 30.7 Å². The minimum absolute atomic E-state index is 0.365.